The molecule has 2 nitrogen and oxygen atoms in total. The first-order valence-electron chi connectivity index (χ1n) is 6.05. The lowest BCUT2D eigenvalue weighted by Crippen LogP contribution is -2.26. The minimum absolute atomic E-state index is 0.00570. The van der Waals surface area contributed by atoms with Crippen molar-refractivity contribution in [3.63, 3.8) is 0 Å². The van der Waals surface area contributed by atoms with Gasteiger partial charge < -0.3 is 10.4 Å². The fourth-order valence-corrected chi connectivity index (χ4v) is 3.35. The van der Waals surface area contributed by atoms with E-state index in [9.17, 15) is 9.50 Å². The van der Waals surface area contributed by atoms with Crippen molar-refractivity contribution >= 4 is 11.8 Å². The highest BCUT2D eigenvalue weighted by atomic mass is 32.2. The highest BCUT2D eigenvalue weighted by Gasteiger charge is 2.13. The molecule has 0 radical (unpaired) electrons. The van der Waals surface area contributed by atoms with Crippen molar-refractivity contribution in [3.05, 3.63) is 29.6 Å². The average molecular weight is 255 g/mol. The minimum atomic E-state index is -0.381. The zero-order valence-corrected chi connectivity index (χ0v) is 10.6. The third-order valence-electron chi connectivity index (χ3n) is 2.92. The summed E-state index contributed by atoms with van der Waals surface area (Å²) >= 11 is 2.02. The van der Waals surface area contributed by atoms with Crippen LogP contribution in [0.3, 0.4) is 0 Å². The molecule has 94 valence electrons. The highest BCUT2D eigenvalue weighted by Crippen LogP contribution is 2.24. The summed E-state index contributed by atoms with van der Waals surface area (Å²) in [5.41, 5.74) is 0.795. The van der Waals surface area contributed by atoms with E-state index in [1.807, 2.05) is 11.8 Å². The normalized spacial score (nSPS) is 20.4. The summed E-state index contributed by atoms with van der Waals surface area (Å²) in [5.74, 6) is 0.871. The van der Waals surface area contributed by atoms with Crippen molar-refractivity contribution in [1.82, 2.24) is 5.32 Å². The fraction of sp³-hybridized carbons (Fsp3) is 0.538. The predicted molar refractivity (Wildman–Crippen MR) is 69.9 cm³/mol. The molecule has 0 saturated carbocycles. The van der Waals surface area contributed by atoms with E-state index < -0.39 is 0 Å². The van der Waals surface area contributed by atoms with Gasteiger partial charge in [-0.2, -0.15) is 11.8 Å². The molecule has 2 rings (SSSR count). The summed E-state index contributed by atoms with van der Waals surface area (Å²) in [6.45, 7) is 1.57. The summed E-state index contributed by atoms with van der Waals surface area (Å²) in [4.78, 5) is 0. The molecule has 17 heavy (non-hydrogen) atoms. The molecule has 1 aliphatic heterocycles. The first-order valence-corrected chi connectivity index (χ1v) is 7.09. The van der Waals surface area contributed by atoms with Crippen molar-refractivity contribution in [2.75, 3.05) is 12.3 Å². The Hall–Kier alpha value is -0.740. The average Bonchev–Trinajstić information content (AvgIpc) is 2.29. The van der Waals surface area contributed by atoms with Gasteiger partial charge in [0.15, 0.2) is 0 Å². The SMILES string of the molecule is Oc1cc(F)cc(CNCC2CCCCS2)c1. The number of benzene rings is 1. The summed E-state index contributed by atoms with van der Waals surface area (Å²) in [6.07, 6.45) is 3.92. The molecule has 1 heterocycles. The zero-order chi connectivity index (χ0) is 12.1. The van der Waals surface area contributed by atoms with Gasteiger partial charge in [-0.1, -0.05) is 6.42 Å². The molecular weight excluding hydrogens is 237 g/mol. The third kappa shape index (κ3) is 4.21. The van der Waals surface area contributed by atoms with Gasteiger partial charge >= 0.3 is 0 Å². The molecule has 1 unspecified atom stereocenters. The van der Waals surface area contributed by atoms with E-state index in [-0.39, 0.29) is 11.6 Å². The van der Waals surface area contributed by atoms with Crippen LogP contribution in [0.5, 0.6) is 5.75 Å². The summed E-state index contributed by atoms with van der Waals surface area (Å²) in [5, 5.41) is 13.3. The van der Waals surface area contributed by atoms with E-state index >= 15 is 0 Å². The maximum absolute atomic E-state index is 13.0. The summed E-state index contributed by atoms with van der Waals surface area (Å²) in [7, 11) is 0. The van der Waals surface area contributed by atoms with Crippen LogP contribution >= 0.6 is 11.8 Å². The van der Waals surface area contributed by atoms with E-state index in [1.54, 1.807) is 6.07 Å². The van der Waals surface area contributed by atoms with Crippen molar-refractivity contribution in [1.29, 1.82) is 0 Å². The Bertz CT molecular complexity index is 346. The predicted octanol–water partition coefficient (Wildman–Crippen LogP) is 2.91. The molecule has 0 amide bonds. The molecule has 4 heteroatoms. The summed E-state index contributed by atoms with van der Waals surface area (Å²) < 4.78 is 13.0. The van der Waals surface area contributed by atoms with Gasteiger partial charge in [-0.15, -0.1) is 0 Å². The van der Waals surface area contributed by atoms with E-state index in [4.69, 9.17) is 0 Å². The van der Waals surface area contributed by atoms with Crippen LogP contribution in [0, 0.1) is 5.82 Å². The molecule has 1 atom stereocenters. The Labute approximate surface area is 106 Å². The number of hydrogen-bond acceptors (Lipinski definition) is 3. The Morgan fingerprint density at radius 1 is 1.35 bits per heavy atom. The van der Waals surface area contributed by atoms with Gasteiger partial charge in [0.1, 0.15) is 11.6 Å². The van der Waals surface area contributed by atoms with Crippen molar-refractivity contribution < 1.29 is 9.50 Å². The second-order valence-corrected chi connectivity index (χ2v) is 5.85. The molecule has 0 aromatic heterocycles. The lowest BCUT2D eigenvalue weighted by Gasteiger charge is -2.21. The monoisotopic (exact) mass is 255 g/mol. The molecule has 0 bridgehead atoms. The van der Waals surface area contributed by atoms with Crippen molar-refractivity contribution in [2.45, 2.75) is 31.1 Å². The largest absolute Gasteiger partial charge is 0.508 e. The topological polar surface area (TPSA) is 32.3 Å². The van der Waals surface area contributed by atoms with E-state index in [1.165, 1.54) is 31.1 Å². The number of nitrogens with one attached hydrogen (secondary N) is 1. The molecule has 2 N–H and O–H groups in total. The second kappa shape index (κ2) is 6.26. The lowest BCUT2D eigenvalue weighted by molar-refractivity contribution is 0.467. The maximum Gasteiger partial charge on any atom is 0.127 e. The minimum Gasteiger partial charge on any atom is -0.508 e. The molecule has 0 aliphatic carbocycles. The molecule has 1 fully saturated rings. The Morgan fingerprint density at radius 3 is 2.94 bits per heavy atom. The van der Waals surface area contributed by atoms with Gasteiger partial charge in [-0.25, -0.2) is 4.39 Å². The number of phenolic OH excluding ortho intramolecular Hbond substituents is 1. The second-order valence-electron chi connectivity index (χ2n) is 4.44. The van der Waals surface area contributed by atoms with Crippen LogP contribution in [0.15, 0.2) is 18.2 Å². The number of hydrogen-bond donors (Lipinski definition) is 2. The van der Waals surface area contributed by atoms with E-state index in [2.05, 4.69) is 5.32 Å². The van der Waals surface area contributed by atoms with Crippen LogP contribution in [0.25, 0.3) is 0 Å². The quantitative estimate of drug-likeness (QED) is 0.867. The van der Waals surface area contributed by atoms with Crippen LogP contribution in [0.1, 0.15) is 24.8 Å². The molecule has 1 aromatic rings. The number of rotatable bonds is 4. The number of phenols is 1. The van der Waals surface area contributed by atoms with Gasteiger partial charge in [0.05, 0.1) is 0 Å². The van der Waals surface area contributed by atoms with Crippen molar-refractivity contribution in [2.24, 2.45) is 0 Å². The molecular formula is C13H18FNOS. The van der Waals surface area contributed by atoms with Gasteiger partial charge in [-0.3, -0.25) is 0 Å². The highest BCUT2D eigenvalue weighted by molar-refractivity contribution is 7.99. The Morgan fingerprint density at radius 2 is 2.24 bits per heavy atom. The molecule has 1 aromatic carbocycles. The van der Waals surface area contributed by atoms with Gasteiger partial charge in [-0.05, 0) is 36.3 Å². The standard InChI is InChI=1S/C13H18FNOS/c14-11-5-10(6-12(16)7-11)8-15-9-13-3-1-2-4-17-13/h5-7,13,15-16H,1-4,8-9H2. The Kier molecular flexibility index (Phi) is 4.68. The van der Waals surface area contributed by atoms with Crippen LogP contribution in [-0.4, -0.2) is 22.7 Å². The van der Waals surface area contributed by atoms with Gasteiger partial charge in [0.25, 0.3) is 0 Å². The first kappa shape index (κ1) is 12.7. The third-order valence-corrected chi connectivity index (χ3v) is 4.32. The summed E-state index contributed by atoms with van der Waals surface area (Å²) in [6, 6.07) is 4.19. The van der Waals surface area contributed by atoms with Gasteiger partial charge in [0.2, 0.25) is 0 Å². The smallest absolute Gasteiger partial charge is 0.127 e. The number of halogens is 1. The van der Waals surface area contributed by atoms with Crippen molar-refractivity contribution in [3.8, 4) is 5.75 Å². The molecule has 0 spiro atoms. The van der Waals surface area contributed by atoms with Crippen LogP contribution in [0.2, 0.25) is 0 Å². The number of thioether (sulfide) groups is 1. The van der Waals surface area contributed by atoms with Gasteiger partial charge in [0, 0.05) is 24.4 Å². The first-order chi connectivity index (χ1) is 8.24. The van der Waals surface area contributed by atoms with Crippen LogP contribution < -0.4 is 5.32 Å². The van der Waals surface area contributed by atoms with E-state index in [0.29, 0.717) is 11.8 Å². The van der Waals surface area contributed by atoms with Crippen LogP contribution in [0.4, 0.5) is 4.39 Å². The number of aromatic hydroxyl groups is 1. The Balaban J connectivity index is 1.77. The fourth-order valence-electron chi connectivity index (χ4n) is 2.08. The lowest BCUT2D eigenvalue weighted by atomic mass is 10.1. The van der Waals surface area contributed by atoms with Crippen LogP contribution in [-0.2, 0) is 6.54 Å². The zero-order valence-electron chi connectivity index (χ0n) is 9.79. The maximum atomic E-state index is 13.0. The van der Waals surface area contributed by atoms with E-state index in [0.717, 1.165) is 18.2 Å². The molecule has 1 aliphatic rings. The molecule has 1 saturated heterocycles.